The van der Waals surface area contributed by atoms with Crippen LogP contribution >= 0.6 is 0 Å². The van der Waals surface area contributed by atoms with Crippen molar-refractivity contribution in [1.29, 1.82) is 0 Å². The zero-order valence-corrected chi connectivity index (χ0v) is 12.9. The highest BCUT2D eigenvalue weighted by molar-refractivity contribution is 5.41. The molecule has 0 spiro atoms. The Morgan fingerprint density at radius 3 is 2.86 bits per heavy atom. The van der Waals surface area contributed by atoms with E-state index in [4.69, 9.17) is 10.5 Å². The fourth-order valence-electron chi connectivity index (χ4n) is 2.78. The Labute approximate surface area is 131 Å². The van der Waals surface area contributed by atoms with Gasteiger partial charge in [-0.25, -0.2) is 4.98 Å². The molecular weight excluding hydrogens is 276 g/mol. The van der Waals surface area contributed by atoms with Crippen LogP contribution in [-0.4, -0.2) is 29.7 Å². The zero-order valence-electron chi connectivity index (χ0n) is 12.9. The van der Waals surface area contributed by atoms with Crippen LogP contribution in [0, 0.1) is 12.8 Å². The highest BCUT2D eigenvalue weighted by Gasteiger charge is 2.21. The molecule has 3 rings (SSSR count). The molecule has 1 aromatic heterocycles. The number of rotatable bonds is 4. The van der Waals surface area contributed by atoms with Crippen molar-refractivity contribution in [3.63, 3.8) is 0 Å². The number of hydrogen-bond acceptors (Lipinski definition) is 5. The Kier molecular flexibility index (Phi) is 4.42. The highest BCUT2D eigenvalue weighted by Crippen LogP contribution is 2.23. The Morgan fingerprint density at radius 1 is 1.27 bits per heavy atom. The van der Waals surface area contributed by atoms with Crippen molar-refractivity contribution >= 4 is 11.6 Å². The topological polar surface area (TPSA) is 64.3 Å². The Hall–Kier alpha value is -2.30. The molecule has 2 aromatic rings. The first-order chi connectivity index (χ1) is 10.7. The van der Waals surface area contributed by atoms with Crippen molar-refractivity contribution in [3.8, 4) is 5.75 Å². The summed E-state index contributed by atoms with van der Waals surface area (Å²) < 4.78 is 5.92. The van der Waals surface area contributed by atoms with Gasteiger partial charge in [0.15, 0.2) is 0 Å². The van der Waals surface area contributed by atoms with Crippen molar-refractivity contribution in [2.75, 3.05) is 30.3 Å². The van der Waals surface area contributed by atoms with Crippen LogP contribution in [0.25, 0.3) is 0 Å². The zero-order chi connectivity index (χ0) is 15.4. The summed E-state index contributed by atoms with van der Waals surface area (Å²) in [5.74, 6) is 2.76. The number of anilines is 2. The molecule has 1 aliphatic rings. The van der Waals surface area contributed by atoms with E-state index in [1.165, 1.54) is 12.0 Å². The molecule has 1 atom stereocenters. The van der Waals surface area contributed by atoms with E-state index in [2.05, 4.69) is 33.9 Å². The van der Waals surface area contributed by atoms with Crippen molar-refractivity contribution in [3.05, 3.63) is 42.2 Å². The van der Waals surface area contributed by atoms with Gasteiger partial charge in [0.2, 0.25) is 0 Å². The maximum Gasteiger partial charge on any atom is 0.149 e. The minimum Gasteiger partial charge on any atom is -0.493 e. The van der Waals surface area contributed by atoms with Gasteiger partial charge in [-0.15, -0.1) is 0 Å². The van der Waals surface area contributed by atoms with E-state index in [1.807, 2.05) is 12.1 Å². The lowest BCUT2D eigenvalue weighted by Gasteiger charge is -2.33. The summed E-state index contributed by atoms with van der Waals surface area (Å²) in [5, 5.41) is 0. The molecule has 1 saturated heterocycles. The highest BCUT2D eigenvalue weighted by atomic mass is 16.5. The molecule has 22 heavy (non-hydrogen) atoms. The SMILES string of the molecule is Cc1ccc(OCC2CCCN(c3cncc(N)n3)C2)cc1. The lowest BCUT2D eigenvalue weighted by Crippen LogP contribution is -2.38. The molecule has 2 heterocycles. The molecule has 0 amide bonds. The summed E-state index contributed by atoms with van der Waals surface area (Å²) >= 11 is 0. The number of aryl methyl sites for hydroxylation is 1. The van der Waals surface area contributed by atoms with E-state index >= 15 is 0 Å². The second kappa shape index (κ2) is 6.64. The molecular formula is C17H22N4O. The summed E-state index contributed by atoms with van der Waals surface area (Å²) in [7, 11) is 0. The maximum atomic E-state index is 5.92. The molecule has 0 radical (unpaired) electrons. The summed E-state index contributed by atoms with van der Waals surface area (Å²) in [6, 6.07) is 8.20. The minimum atomic E-state index is 0.468. The molecule has 2 N–H and O–H groups in total. The second-order valence-electron chi connectivity index (χ2n) is 5.88. The third-order valence-electron chi connectivity index (χ3n) is 3.99. The quantitative estimate of drug-likeness (QED) is 0.940. The van der Waals surface area contributed by atoms with Gasteiger partial charge in [-0.2, -0.15) is 0 Å². The minimum absolute atomic E-state index is 0.468. The largest absolute Gasteiger partial charge is 0.493 e. The van der Waals surface area contributed by atoms with E-state index < -0.39 is 0 Å². The van der Waals surface area contributed by atoms with Crippen molar-refractivity contribution in [2.45, 2.75) is 19.8 Å². The van der Waals surface area contributed by atoms with Gasteiger partial charge in [0.05, 0.1) is 19.0 Å². The number of benzene rings is 1. The number of nitrogens with two attached hydrogens (primary N) is 1. The smallest absolute Gasteiger partial charge is 0.149 e. The predicted octanol–water partition coefficient (Wildman–Crippen LogP) is 2.66. The van der Waals surface area contributed by atoms with Gasteiger partial charge in [-0.3, -0.25) is 4.98 Å². The summed E-state index contributed by atoms with van der Waals surface area (Å²) in [4.78, 5) is 10.7. The summed E-state index contributed by atoms with van der Waals surface area (Å²) in [5.41, 5.74) is 6.97. The van der Waals surface area contributed by atoms with Crippen LogP contribution in [0.1, 0.15) is 18.4 Å². The molecule has 116 valence electrons. The molecule has 1 fully saturated rings. The number of aromatic nitrogens is 2. The lowest BCUT2D eigenvalue weighted by atomic mass is 9.99. The van der Waals surface area contributed by atoms with Crippen LogP contribution < -0.4 is 15.4 Å². The Bertz CT molecular complexity index is 614. The number of hydrogen-bond donors (Lipinski definition) is 1. The third kappa shape index (κ3) is 3.67. The predicted molar refractivity (Wildman–Crippen MR) is 88.1 cm³/mol. The normalized spacial score (nSPS) is 18.2. The van der Waals surface area contributed by atoms with Gasteiger partial charge in [0.1, 0.15) is 17.4 Å². The number of nitrogen functional groups attached to an aromatic ring is 1. The van der Waals surface area contributed by atoms with Crippen molar-refractivity contribution < 1.29 is 4.74 Å². The number of piperidine rings is 1. The fraction of sp³-hybridized carbons (Fsp3) is 0.412. The van der Waals surface area contributed by atoms with Crippen LogP contribution in [0.4, 0.5) is 11.6 Å². The van der Waals surface area contributed by atoms with Crippen LogP contribution in [0.3, 0.4) is 0 Å². The molecule has 5 nitrogen and oxygen atoms in total. The van der Waals surface area contributed by atoms with Gasteiger partial charge < -0.3 is 15.4 Å². The fourth-order valence-corrected chi connectivity index (χ4v) is 2.78. The van der Waals surface area contributed by atoms with Gasteiger partial charge in [-0.05, 0) is 31.9 Å². The molecule has 5 heteroatoms. The molecule has 1 aliphatic heterocycles. The monoisotopic (exact) mass is 298 g/mol. The van der Waals surface area contributed by atoms with E-state index in [0.717, 1.165) is 37.7 Å². The first-order valence-electron chi connectivity index (χ1n) is 7.72. The molecule has 0 aliphatic carbocycles. The van der Waals surface area contributed by atoms with Gasteiger partial charge >= 0.3 is 0 Å². The van der Waals surface area contributed by atoms with Crippen LogP contribution in [0.2, 0.25) is 0 Å². The Balaban J connectivity index is 1.57. The number of ether oxygens (including phenoxy) is 1. The molecule has 1 unspecified atom stereocenters. The van der Waals surface area contributed by atoms with E-state index in [9.17, 15) is 0 Å². The van der Waals surface area contributed by atoms with Gasteiger partial charge in [0, 0.05) is 19.0 Å². The first kappa shape index (κ1) is 14.6. The van der Waals surface area contributed by atoms with Gasteiger partial charge in [-0.1, -0.05) is 17.7 Å². The van der Waals surface area contributed by atoms with E-state index in [-0.39, 0.29) is 0 Å². The van der Waals surface area contributed by atoms with Crippen LogP contribution in [-0.2, 0) is 0 Å². The maximum absolute atomic E-state index is 5.92. The van der Waals surface area contributed by atoms with Crippen LogP contribution in [0.5, 0.6) is 5.75 Å². The summed E-state index contributed by atoms with van der Waals surface area (Å²) in [6.07, 6.45) is 5.67. The first-order valence-corrected chi connectivity index (χ1v) is 7.72. The number of nitrogens with zero attached hydrogens (tertiary/aromatic N) is 3. The van der Waals surface area contributed by atoms with E-state index in [1.54, 1.807) is 12.4 Å². The van der Waals surface area contributed by atoms with E-state index in [0.29, 0.717) is 11.7 Å². The molecule has 0 bridgehead atoms. The summed E-state index contributed by atoms with van der Waals surface area (Å²) in [6.45, 7) is 4.74. The Morgan fingerprint density at radius 2 is 2.09 bits per heavy atom. The standard InChI is InChI=1S/C17H22N4O/c1-13-4-6-15(7-5-13)22-12-14-3-2-8-21(11-14)17-10-19-9-16(18)20-17/h4-7,9-10,14H,2-3,8,11-12H2,1H3,(H2,18,20). The van der Waals surface area contributed by atoms with Crippen molar-refractivity contribution in [2.24, 2.45) is 5.92 Å². The molecule has 1 aromatic carbocycles. The average molecular weight is 298 g/mol. The third-order valence-corrected chi connectivity index (χ3v) is 3.99. The second-order valence-corrected chi connectivity index (χ2v) is 5.88. The van der Waals surface area contributed by atoms with Crippen LogP contribution in [0.15, 0.2) is 36.7 Å². The average Bonchev–Trinajstić information content (AvgIpc) is 2.55. The molecule has 0 saturated carbocycles. The van der Waals surface area contributed by atoms with Gasteiger partial charge in [0.25, 0.3) is 0 Å². The van der Waals surface area contributed by atoms with Crippen molar-refractivity contribution in [1.82, 2.24) is 9.97 Å². The lowest BCUT2D eigenvalue weighted by molar-refractivity contribution is 0.228.